The Bertz CT molecular complexity index is 772. The fourth-order valence-corrected chi connectivity index (χ4v) is 6.53. The zero-order chi connectivity index (χ0) is 20.4. The van der Waals surface area contributed by atoms with E-state index in [1.54, 1.807) is 5.57 Å². The SMILES string of the molecule is CN(C)CCCOC/C=C1\CCC2C3CCc4cc(N=O)ccc4C3CCC12C. The summed E-state index contributed by atoms with van der Waals surface area (Å²) in [6.45, 7) is 5.23. The molecule has 0 heterocycles. The van der Waals surface area contributed by atoms with Gasteiger partial charge in [0.05, 0.1) is 6.61 Å². The maximum atomic E-state index is 10.9. The molecule has 0 saturated heterocycles. The lowest BCUT2D eigenvalue weighted by Crippen LogP contribution is -2.40. The summed E-state index contributed by atoms with van der Waals surface area (Å²) in [7, 11) is 4.22. The van der Waals surface area contributed by atoms with Crippen molar-refractivity contribution >= 4 is 5.69 Å². The standard InChI is InChI=1S/C25H36N2O2/c1-25-13-11-22-21-9-7-20(26-28)17-18(21)5-8-23(22)24(25)10-6-19(25)12-16-29-15-4-14-27(2)3/h7,9,12,17,22-24H,4-6,8,10-11,13-16H2,1-3H3/b19-12+. The van der Waals surface area contributed by atoms with Crippen molar-refractivity contribution in [3.8, 4) is 0 Å². The highest BCUT2D eigenvalue weighted by atomic mass is 16.5. The third-order valence-corrected chi connectivity index (χ3v) is 8.00. The van der Waals surface area contributed by atoms with Crippen molar-refractivity contribution < 1.29 is 4.74 Å². The molecule has 3 aliphatic carbocycles. The number of nitrogens with zero attached hydrogens (tertiary/aromatic N) is 2. The van der Waals surface area contributed by atoms with Gasteiger partial charge in [0, 0.05) is 6.61 Å². The van der Waals surface area contributed by atoms with Crippen LogP contribution >= 0.6 is 0 Å². The summed E-state index contributed by atoms with van der Waals surface area (Å²) in [6.07, 6.45) is 11.0. The van der Waals surface area contributed by atoms with Crippen LogP contribution in [0.4, 0.5) is 5.69 Å². The number of allylic oxidation sites excluding steroid dienone is 1. The summed E-state index contributed by atoms with van der Waals surface area (Å²) in [5.74, 6) is 2.24. The first-order chi connectivity index (χ1) is 14.0. The van der Waals surface area contributed by atoms with Crippen LogP contribution in [-0.4, -0.2) is 38.8 Å². The van der Waals surface area contributed by atoms with E-state index in [9.17, 15) is 4.91 Å². The van der Waals surface area contributed by atoms with E-state index in [0.29, 0.717) is 17.0 Å². The fourth-order valence-electron chi connectivity index (χ4n) is 6.53. The number of hydrogen-bond acceptors (Lipinski definition) is 4. The van der Waals surface area contributed by atoms with Crippen molar-refractivity contribution in [1.82, 2.24) is 4.90 Å². The number of ether oxygens (including phenoxy) is 1. The van der Waals surface area contributed by atoms with Crippen molar-refractivity contribution in [2.24, 2.45) is 22.4 Å². The van der Waals surface area contributed by atoms with Crippen molar-refractivity contribution in [2.75, 3.05) is 33.9 Å². The van der Waals surface area contributed by atoms with Crippen LogP contribution in [0.2, 0.25) is 0 Å². The van der Waals surface area contributed by atoms with Crippen LogP contribution in [0.1, 0.15) is 62.5 Å². The lowest BCUT2D eigenvalue weighted by atomic mass is 9.55. The van der Waals surface area contributed by atoms with Gasteiger partial charge in [-0.05, 0) is 117 Å². The van der Waals surface area contributed by atoms with Gasteiger partial charge in [0.2, 0.25) is 0 Å². The molecule has 0 aromatic heterocycles. The molecule has 158 valence electrons. The first-order valence-electron chi connectivity index (χ1n) is 11.4. The largest absolute Gasteiger partial charge is 0.377 e. The zero-order valence-electron chi connectivity index (χ0n) is 18.3. The Hall–Kier alpha value is -1.52. The van der Waals surface area contributed by atoms with Gasteiger partial charge in [-0.25, -0.2) is 0 Å². The maximum absolute atomic E-state index is 10.9. The van der Waals surface area contributed by atoms with Crippen molar-refractivity contribution in [1.29, 1.82) is 0 Å². The molecule has 4 nitrogen and oxygen atoms in total. The van der Waals surface area contributed by atoms with Gasteiger partial charge in [0.1, 0.15) is 5.69 Å². The van der Waals surface area contributed by atoms with Crippen LogP contribution in [0.5, 0.6) is 0 Å². The van der Waals surface area contributed by atoms with Gasteiger partial charge >= 0.3 is 0 Å². The molecule has 29 heavy (non-hydrogen) atoms. The fraction of sp³-hybridized carbons (Fsp3) is 0.680. The zero-order valence-corrected chi connectivity index (χ0v) is 18.3. The van der Waals surface area contributed by atoms with Gasteiger partial charge in [-0.1, -0.05) is 24.6 Å². The molecule has 4 atom stereocenters. The molecular weight excluding hydrogens is 360 g/mol. The number of aryl methyl sites for hydroxylation is 1. The second-order valence-electron chi connectivity index (χ2n) is 9.85. The van der Waals surface area contributed by atoms with Crippen molar-refractivity contribution in [3.63, 3.8) is 0 Å². The minimum atomic E-state index is 0.357. The summed E-state index contributed by atoms with van der Waals surface area (Å²) >= 11 is 0. The van der Waals surface area contributed by atoms with E-state index in [1.165, 1.54) is 43.2 Å². The molecule has 2 saturated carbocycles. The Morgan fingerprint density at radius 1 is 1.24 bits per heavy atom. The maximum Gasteiger partial charge on any atom is 0.108 e. The summed E-state index contributed by atoms with van der Waals surface area (Å²) in [6, 6.07) is 6.13. The van der Waals surface area contributed by atoms with Crippen LogP contribution in [0.25, 0.3) is 0 Å². The Labute approximate surface area is 175 Å². The topological polar surface area (TPSA) is 41.9 Å². The van der Waals surface area contributed by atoms with Gasteiger partial charge < -0.3 is 9.64 Å². The summed E-state index contributed by atoms with van der Waals surface area (Å²) in [5.41, 5.74) is 5.46. The predicted molar refractivity (Wildman–Crippen MR) is 119 cm³/mol. The molecule has 4 rings (SSSR count). The van der Waals surface area contributed by atoms with E-state index < -0.39 is 0 Å². The van der Waals surface area contributed by atoms with E-state index in [0.717, 1.165) is 44.4 Å². The van der Waals surface area contributed by atoms with Gasteiger partial charge in [-0.2, -0.15) is 0 Å². The molecule has 4 heteroatoms. The minimum Gasteiger partial charge on any atom is -0.377 e. The Balaban J connectivity index is 1.42. The highest BCUT2D eigenvalue weighted by Crippen LogP contribution is 2.62. The Morgan fingerprint density at radius 3 is 2.90 bits per heavy atom. The number of fused-ring (bicyclic) bond motifs is 5. The molecule has 0 radical (unpaired) electrons. The molecule has 4 unspecified atom stereocenters. The molecule has 2 fully saturated rings. The van der Waals surface area contributed by atoms with Crippen LogP contribution < -0.4 is 0 Å². The molecule has 1 aromatic rings. The Morgan fingerprint density at radius 2 is 2.10 bits per heavy atom. The minimum absolute atomic E-state index is 0.357. The van der Waals surface area contributed by atoms with E-state index in [4.69, 9.17) is 4.74 Å². The van der Waals surface area contributed by atoms with E-state index in [2.05, 4.69) is 43.2 Å². The molecule has 0 bridgehead atoms. The molecular formula is C25H36N2O2. The Kier molecular flexibility index (Phi) is 6.21. The van der Waals surface area contributed by atoms with Gasteiger partial charge in [0.25, 0.3) is 0 Å². The van der Waals surface area contributed by atoms with Gasteiger partial charge in [-0.3, -0.25) is 0 Å². The number of nitroso groups, excluding NO2 is 1. The normalized spacial score (nSPS) is 32.1. The number of benzene rings is 1. The van der Waals surface area contributed by atoms with Gasteiger partial charge in [0.15, 0.2) is 0 Å². The molecule has 0 N–H and O–H groups in total. The smallest absolute Gasteiger partial charge is 0.108 e. The molecule has 0 amide bonds. The first-order valence-corrected chi connectivity index (χ1v) is 11.4. The van der Waals surface area contributed by atoms with E-state index in [-0.39, 0.29) is 0 Å². The predicted octanol–water partition coefficient (Wildman–Crippen LogP) is 5.84. The van der Waals surface area contributed by atoms with Crippen LogP contribution in [0, 0.1) is 22.2 Å². The van der Waals surface area contributed by atoms with Crippen LogP contribution in [0.15, 0.2) is 35.0 Å². The van der Waals surface area contributed by atoms with Crippen molar-refractivity contribution in [2.45, 2.75) is 57.8 Å². The van der Waals surface area contributed by atoms with Crippen molar-refractivity contribution in [3.05, 3.63) is 45.9 Å². The van der Waals surface area contributed by atoms with Crippen LogP contribution in [0.3, 0.4) is 0 Å². The number of hydrogen-bond donors (Lipinski definition) is 0. The quantitative estimate of drug-likeness (QED) is 0.330. The summed E-state index contributed by atoms with van der Waals surface area (Å²) in [5, 5.41) is 3.14. The first kappa shape index (κ1) is 20.7. The third-order valence-electron chi connectivity index (χ3n) is 8.00. The highest BCUT2D eigenvalue weighted by molar-refractivity contribution is 5.47. The third kappa shape index (κ3) is 4.06. The van der Waals surface area contributed by atoms with Gasteiger partial charge in [-0.15, -0.1) is 4.91 Å². The summed E-state index contributed by atoms with van der Waals surface area (Å²) < 4.78 is 5.91. The molecule has 0 spiro atoms. The molecule has 1 aromatic carbocycles. The van der Waals surface area contributed by atoms with Crippen LogP contribution in [-0.2, 0) is 11.2 Å². The molecule has 0 aliphatic heterocycles. The lowest BCUT2D eigenvalue weighted by Gasteiger charge is -2.49. The highest BCUT2D eigenvalue weighted by Gasteiger charge is 2.52. The monoisotopic (exact) mass is 396 g/mol. The second kappa shape index (κ2) is 8.69. The molecule has 3 aliphatic rings. The summed E-state index contributed by atoms with van der Waals surface area (Å²) in [4.78, 5) is 13.1. The van der Waals surface area contributed by atoms with E-state index in [1.807, 2.05) is 12.1 Å². The second-order valence-corrected chi connectivity index (χ2v) is 9.85. The lowest BCUT2D eigenvalue weighted by molar-refractivity contribution is 0.0803. The average molecular weight is 397 g/mol. The van der Waals surface area contributed by atoms with E-state index >= 15 is 0 Å². The number of rotatable bonds is 7. The average Bonchev–Trinajstić information content (AvgIpc) is 3.06.